The fourth-order valence-corrected chi connectivity index (χ4v) is 1.10. The Hall–Kier alpha value is -2.42. The second-order valence-electron chi connectivity index (χ2n) is 3.16. The first-order valence-electron chi connectivity index (χ1n) is 4.62. The topological polar surface area (TPSA) is 79.3 Å². The van der Waals surface area contributed by atoms with Gasteiger partial charge in [-0.25, -0.2) is 9.18 Å². The summed E-state index contributed by atoms with van der Waals surface area (Å²) in [5, 5.41) is 10.9. The lowest BCUT2D eigenvalue weighted by Gasteiger charge is -2.11. The Morgan fingerprint density at radius 2 is 2.29 bits per heavy atom. The van der Waals surface area contributed by atoms with Crippen molar-refractivity contribution in [1.82, 2.24) is 10.3 Å². The van der Waals surface area contributed by atoms with E-state index in [0.29, 0.717) is 0 Å². The first kappa shape index (κ1) is 12.6. The Kier molecular flexibility index (Phi) is 4.17. The molecule has 1 amide bonds. The van der Waals surface area contributed by atoms with E-state index in [9.17, 15) is 14.0 Å². The van der Waals surface area contributed by atoms with Crippen LogP contribution in [0.25, 0.3) is 0 Å². The number of carboxylic acid groups (broad SMARTS) is 1. The molecule has 1 atom stereocenters. The highest BCUT2D eigenvalue weighted by Gasteiger charge is 2.19. The normalized spacial score (nSPS) is 11.3. The average Bonchev–Trinajstić information content (AvgIpc) is 2.28. The third kappa shape index (κ3) is 3.57. The van der Waals surface area contributed by atoms with Crippen LogP contribution >= 0.6 is 0 Å². The summed E-state index contributed by atoms with van der Waals surface area (Å²) >= 11 is 0. The number of pyridine rings is 1. The van der Waals surface area contributed by atoms with Crippen LogP contribution in [0, 0.1) is 18.2 Å². The predicted octanol–water partition coefficient (Wildman–Crippen LogP) is 0.427. The van der Waals surface area contributed by atoms with E-state index in [1.165, 1.54) is 0 Å². The van der Waals surface area contributed by atoms with E-state index in [2.05, 4.69) is 16.2 Å². The van der Waals surface area contributed by atoms with E-state index in [0.717, 1.165) is 18.5 Å². The van der Waals surface area contributed by atoms with Gasteiger partial charge in [0.05, 0.1) is 11.8 Å². The zero-order valence-electron chi connectivity index (χ0n) is 8.68. The molecule has 0 spiro atoms. The summed E-state index contributed by atoms with van der Waals surface area (Å²) in [6.45, 7) is 0. The van der Waals surface area contributed by atoms with Crippen LogP contribution in [0.1, 0.15) is 16.8 Å². The Labute approximate surface area is 96.7 Å². The number of amides is 1. The van der Waals surface area contributed by atoms with Crippen LogP contribution in [-0.2, 0) is 4.79 Å². The van der Waals surface area contributed by atoms with Crippen LogP contribution in [-0.4, -0.2) is 28.0 Å². The van der Waals surface area contributed by atoms with Crippen molar-refractivity contribution >= 4 is 11.9 Å². The monoisotopic (exact) mass is 236 g/mol. The van der Waals surface area contributed by atoms with Gasteiger partial charge in [0, 0.05) is 12.6 Å². The minimum Gasteiger partial charge on any atom is -0.480 e. The smallest absolute Gasteiger partial charge is 0.327 e. The van der Waals surface area contributed by atoms with Gasteiger partial charge >= 0.3 is 5.97 Å². The van der Waals surface area contributed by atoms with E-state index in [4.69, 9.17) is 11.5 Å². The first-order valence-corrected chi connectivity index (χ1v) is 4.62. The van der Waals surface area contributed by atoms with Gasteiger partial charge in [0.1, 0.15) is 11.9 Å². The highest BCUT2D eigenvalue weighted by molar-refractivity contribution is 5.96. The number of carboxylic acids is 1. The molecule has 1 rings (SSSR count). The number of halogens is 1. The summed E-state index contributed by atoms with van der Waals surface area (Å²) < 4.78 is 12.8. The van der Waals surface area contributed by atoms with E-state index >= 15 is 0 Å². The van der Waals surface area contributed by atoms with Crippen molar-refractivity contribution in [2.45, 2.75) is 12.5 Å². The number of aromatic nitrogens is 1. The molecule has 0 radical (unpaired) electrons. The second kappa shape index (κ2) is 5.61. The summed E-state index contributed by atoms with van der Waals surface area (Å²) in [6, 6.07) is -0.243. The molecule has 1 unspecified atom stereocenters. The summed E-state index contributed by atoms with van der Waals surface area (Å²) in [6.07, 6.45) is 6.89. The molecule has 88 valence electrons. The van der Waals surface area contributed by atoms with Crippen molar-refractivity contribution in [1.29, 1.82) is 0 Å². The Morgan fingerprint density at radius 3 is 2.82 bits per heavy atom. The van der Waals surface area contributed by atoms with Gasteiger partial charge in [-0.3, -0.25) is 9.78 Å². The standard InChI is InChI=1S/C11H9FN2O3/c1-2-3-9(11(16)17)14-10(15)7-4-8(12)6-13-5-7/h1,4-6,9H,3H2,(H,14,15)(H,16,17). The van der Waals surface area contributed by atoms with E-state index < -0.39 is 23.7 Å². The van der Waals surface area contributed by atoms with Gasteiger partial charge in [-0.15, -0.1) is 12.3 Å². The highest BCUT2D eigenvalue weighted by atomic mass is 19.1. The number of carbonyl (C=O) groups excluding carboxylic acids is 1. The fourth-order valence-electron chi connectivity index (χ4n) is 1.10. The van der Waals surface area contributed by atoms with Crippen LogP contribution in [0.15, 0.2) is 18.5 Å². The third-order valence-electron chi connectivity index (χ3n) is 1.89. The minimum atomic E-state index is -1.25. The van der Waals surface area contributed by atoms with Gasteiger partial charge < -0.3 is 10.4 Å². The number of nitrogens with one attached hydrogen (secondary N) is 1. The van der Waals surface area contributed by atoms with Crippen LogP contribution in [0.3, 0.4) is 0 Å². The van der Waals surface area contributed by atoms with Crippen LogP contribution in [0.4, 0.5) is 4.39 Å². The molecule has 0 bridgehead atoms. The van der Waals surface area contributed by atoms with Gasteiger partial charge in [-0.2, -0.15) is 0 Å². The third-order valence-corrected chi connectivity index (χ3v) is 1.89. The number of terminal acetylenes is 1. The Balaban J connectivity index is 2.78. The maximum atomic E-state index is 12.8. The molecular formula is C11H9FN2O3. The van der Waals surface area contributed by atoms with Crippen molar-refractivity contribution in [3.63, 3.8) is 0 Å². The van der Waals surface area contributed by atoms with Gasteiger partial charge in [0.2, 0.25) is 0 Å². The Morgan fingerprint density at radius 1 is 1.59 bits per heavy atom. The molecule has 0 aliphatic heterocycles. The molecular weight excluding hydrogens is 227 g/mol. The lowest BCUT2D eigenvalue weighted by molar-refractivity contribution is -0.139. The van der Waals surface area contributed by atoms with E-state index in [-0.39, 0.29) is 12.0 Å². The van der Waals surface area contributed by atoms with Crippen molar-refractivity contribution in [2.75, 3.05) is 0 Å². The average molecular weight is 236 g/mol. The number of rotatable bonds is 4. The summed E-state index contributed by atoms with van der Waals surface area (Å²) in [5.41, 5.74) is -0.0618. The van der Waals surface area contributed by atoms with Gasteiger partial charge in [0.15, 0.2) is 0 Å². The SMILES string of the molecule is C#CCC(NC(=O)c1cncc(F)c1)C(=O)O. The molecule has 0 saturated carbocycles. The van der Waals surface area contributed by atoms with Crippen molar-refractivity contribution in [2.24, 2.45) is 0 Å². The summed E-state index contributed by atoms with van der Waals surface area (Å²) in [5.74, 6) is -0.533. The molecule has 5 nitrogen and oxygen atoms in total. The second-order valence-corrected chi connectivity index (χ2v) is 3.16. The highest BCUT2D eigenvalue weighted by Crippen LogP contribution is 2.02. The molecule has 1 heterocycles. The number of carbonyl (C=O) groups is 2. The molecule has 2 N–H and O–H groups in total. The van der Waals surface area contributed by atoms with Crippen molar-refractivity contribution < 1.29 is 19.1 Å². The molecule has 6 heteroatoms. The maximum absolute atomic E-state index is 12.8. The zero-order valence-corrected chi connectivity index (χ0v) is 8.68. The molecule has 0 fully saturated rings. The van der Waals surface area contributed by atoms with E-state index in [1.807, 2.05) is 0 Å². The fraction of sp³-hybridized carbons (Fsp3) is 0.182. The van der Waals surface area contributed by atoms with Crippen LogP contribution in [0.2, 0.25) is 0 Å². The lowest BCUT2D eigenvalue weighted by atomic mass is 10.2. The molecule has 0 saturated heterocycles. The predicted molar refractivity (Wildman–Crippen MR) is 56.5 cm³/mol. The largest absolute Gasteiger partial charge is 0.480 e. The maximum Gasteiger partial charge on any atom is 0.327 e. The van der Waals surface area contributed by atoms with Crippen molar-refractivity contribution in [3.05, 3.63) is 29.8 Å². The van der Waals surface area contributed by atoms with Crippen molar-refractivity contribution in [3.8, 4) is 12.3 Å². The molecule has 0 aliphatic carbocycles. The molecule has 17 heavy (non-hydrogen) atoms. The Bertz CT molecular complexity index is 482. The minimum absolute atomic E-state index is 0.0618. The molecule has 1 aromatic heterocycles. The molecule has 1 aromatic rings. The molecule has 0 aromatic carbocycles. The first-order chi connectivity index (χ1) is 8.04. The number of nitrogens with zero attached hydrogens (tertiary/aromatic N) is 1. The van der Waals surface area contributed by atoms with Gasteiger partial charge in [-0.05, 0) is 6.07 Å². The lowest BCUT2D eigenvalue weighted by Crippen LogP contribution is -2.40. The van der Waals surface area contributed by atoms with Crippen LogP contribution < -0.4 is 5.32 Å². The molecule has 0 aliphatic rings. The number of aliphatic carboxylic acids is 1. The number of hydrogen-bond donors (Lipinski definition) is 2. The van der Waals surface area contributed by atoms with E-state index in [1.54, 1.807) is 0 Å². The van der Waals surface area contributed by atoms with Crippen LogP contribution in [0.5, 0.6) is 0 Å². The quantitative estimate of drug-likeness (QED) is 0.743. The van der Waals surface area contributed by atoms with Gasteiger partial charge in [0.25, 0.3) is 5.91 Å². The number of hydrogen-bond acceptors (Lipinski definition) is 3. The summed E-state index contributed by atoms with van der Waals surface area (Å²) in [4.78, 5) is 25.7. The summed E-state index contributed by atoms with van der Waals surface area (Å²) in [7, 11) is 0. The zero-order chi connectivity index (χ0) is 12.8. The van der Waals surface area contributed by atoms with Gasteiger partial charge in [-0.1, -0.05) is 0 Å².